The minimum Gasteiger partial charge on any atom is -0.378 e. The second-order valence-corrected chi connectivity index (χ2v) is 8.56. The Balaban J connectivity index is 0.00000259. The van der Waals surface area contributed by atoms with Gasteiger partial charge in [0, 0.05) is 24.8 Å². The van der Waals surface area contributed by atoms with Crippen molar-refractivity contribution in [1.82, 2.24) is 19.9 Å². The Bertz CT molecular complexity index is 1210. The van der Waals surface area contributed by atoms with Crippen molar-refractivity contribution in [3.63, 3.8) is 0 Å². The summed E-state index contributed by atoms with van der Waals surface area (Å²) in [6.45, 7) is 4.33. The summed E-state index contributed by atoms with van der Waals surface area (Å²) in [6.07, 6.45) is -0.300. The molecule has 2 aliphatic rings. The van der Waals surface area contributed by atoms with Crippen LogP contribution in [0.5, 0.6) is 0 Å². The molecule has 2 fully saturated rings. The summed E-state index contributed by atoms with van der Waals surface area (Å²) in [7, 11) is 0. The molecule has 4 heterocycles. The van der Waals surface area contributed by atoms with E-state index in [0.29, 0.717) is 23.0 Å². The first-order valence-corrected chi connectivity index (χ1v) is 10.7. The van der Waals surface area contributed by atoms with Gasteiger partial charge in [0.05, 0.1) is 29.7 Å². The lowest BCUT2D eigenvalue weighted by molar-refractivity contribution is -0.137. The van der Waals surface area contributed by atoms with E-state index < -0.39 is 11.7 Å². The number of hydrogen-bond acceptors (Lipinski definition) is 5. The molecule has 0 saturated carbocycles. The molecule has 3 aromatic rings. The molecular weight excluding hydrogens is 457 g/mol. The Hall–Kier alpha value is -2.49. The first kappa shape index (κ1) is 23.7. The molecule has 6 nitrogen and oxygen atoms in total. The van der Waals surface area contributed by atoms with Crippen molar-refractivity contribution in [3.05, 3.63) is 57.5 Å². The summed E-state index contributed by atoms with van der Waals surface area (Å²) < 4.78 is 44.8. The molecule has 2 bridgehead atoms. The van der Waals surface area contributed by atoms with E-state index in [1.807, 2.05) is 19.1 Å². The van der Waals surface area contributed by atoms with Gasteiger partial charge in [0.1, 0.15) is 5.69 Å². The number of benzene rings is 1. The van der Waals surface area contributed by atoms with Gasteiger partial charge in [-0.15, -0.1) is 12.4 Å². The van der Waals surface area contributed by atoms with Crippen molar-refractivity contribution in [2.45, 2.75) is 44.4 Å². The van der Waals surface area contributed by atoms with Gasteiger partial charge in [-0.05, 0) is 55.5 Å². The Kier molecular flexibility index (Phi) is 6.48. The van der Waals surface area contributed by atoms with Crippen LogP contribution in [0.15, 0.2) is 35.3 Å². The van der Waals surface area contributed by atoms with Gasteiger partial charge < -0.3 is 9.72 Å². The topological polar surface area (TPSA) is 71.1 Å². The number of aromatic amines is 1. The van der Waals surface area contributed by atoms with E-state index >= 15 is 0 Å². The summed E-state index contributed by atoms with van der Waals surface area (Å²) in [6, 6.07) is 6.57. The van der Waals surface area contributed by atoms with Crippen LogP contribution < -0.4 is 5.56 Å². The van der Waals surface area contributed by atoms with Crippen LogP contribution >= 0.6 is 12.4 Å². The third-order valence-electron chi connectivity index (χ3n) is 6.44. The number of rotatable bonds is 4. The molecule has 2 aromatic heterocycles. The van der Waals surface area contributed by atoms with Gasteiger partial charge in [-0.2, -0.15) is 13.2 Å². The highest BCUT2D eigenvalue weighted by Crippen LogP contribution is 2.31. The van der Waals surface area contributed by atoms with Gasteiger partial charge in [0.2, 0.25) is 0 Å². The maximum Gasteiger partial charge on any atom is 0.416 e. The quantitative estimate of drug-likeness (QED) is 0.607. The van der Waals surface area contributed by atoms with Crippen LogP contribution in [-0.4, -0.2) is 51.7 Å². The molecule has 2 unspecified atom stereocenters. The Morgan fingerprint density at radius 1 is 1.18 bits per heavy atom. The number of halogens is 4. The minimum absolute atomic E-state index is 0. The molecule has 10 heteroatoms. The fourth-order valence-electron chi connectivity index (χ4n) is 4.83. The number of nitrogens with zero attached hydrogens (tertiary/aromatic N) is 3. The number of pyridine rings is 1. The Morgan fingerprint density at radius 2 is 1.91 bits per heavy atom. The monoisotopic (exact) mass is 480 g/mol. The average Bonchev–Trinajstić information content (AvgIpc) is 2.98. The van der Waals surface area contributed by atoms with Crippen molar-refractivity contribution in [1.29, 1.82) is 0 Å². The number of ether oxygens (including phenoxy) is 1. The lowest BCUT2D eigenvalue weighted by atomic mass is 10.0. The van der Waals surface area contributed by atoms with Crippen molar-refractivity contribution in [3.8, 4) is 11.5 Å². The standard InChI is InChI=1S/C23H23F3N4O2.ClH/c1-13-8-14(5-7-30-16-2-3-17(30)12-32-11-16)9-18-20(13)28-21(29-22(18)31)19-10-15(4-6-27-19)23(24,25)26;/h4,6,8-10,16-17H,2-3,5,7,11-12H2,1H3,(H,28,29,31);1H. The van der Waals surface area contributed by atoms with Crippen LogP contribution in [0.3, 0.4) is 0 Å². The van der Waals surface area contributed by atoms with Crippen LogP contribution in [0.1, 0.15) is 29.5 Å². The Morgan fingerprint density at radius 3 is 2.61 bits per heavy atom. The van der Waals surface area contributed by atoms with Crippen LogP contribution in [0.25, 0.3) is 22.4 Å². The fourth-order valence-corrected chi connectivity index (χ4v) is 4.83. The molecular formula is C23H24ClF3N4O2. The number of alkyl halides is 3. The van der Waals surface area contributed by atoms with E-state index in [9.17, 15) is 18.0 Å². The molecule has 1 N–H and O–H groups in total. The summed E-state index contributed by atoms with van der Waals surface area (Å²) >= 11 is 0. The third-order valence-corrected chi connectivity index (χ3v) is 6.44. The van der Waals surface area contributed by atoms with Crippen LogP contribution in [0.4, 0.5) is 13.2 Å². The molecule has 0 aliphatic carbocycles. The molecule has 2 atom stereocenters. The molecule has 5 rings (SSSR count). The van der Waals surface area contributed by atoms with Gasteiger partial charge in [-0.1, -0.05) is 6.07 Å². The summed E-state index contributed by atoms with van der Waals surface area (Å²) in [5.74, 6) is 0.0225. The predicted molar refractivity (Wildman–Crippen MR) is 121 cm³/mol. The largest absolute Gasteiger partial charge is 0.416 e. The number of hydrogen-bond donors (Lipinski definition) is 1. The predicted octanol–water partition coefficient (Wildman–Crippen LogP) is 4.14. The lowest BCUT2D eigenvalue weighted by Gasteiger charge is -2.34. The van der Waals surface area contributed by atoms with E-state index in [0.717, 1.165) is 68.5 Å². The smallest absolute Gasteiger partial charge is 0.378 e. The number of H-pyrrole nitrogens is 1. The summed E-state index contributed by atoms with van der Waals surface area (Å²) in [4.78, 5) is 26.3. The number of aromatic nitrogens is 3. The normalized spacial score (nSPS) is 20.7. The van der Waals surface area contributed by atoms with Crippen molar-refractivity contribution >= 4 is 23.3 Å². The zero-order chi connectivity index (χ0) is 22.5. The van der Waals surface area contributed by atoms with Gasteiger partial charge in [0.25, 0.3) is 5.56 Å². The maximum absolute atomic E-state index is 13.1. The zero-order valence-electron chi connectivity index (χ0n) is 18.0. The van der Waals surface area contributed by atoms with Crippen molar-refractivity contribution < 1.29 is 17.9 Å². The molecule has 0 spiro atoms. The van der Waals surface area contributed by atoms with Crippen LogP contribution in [0, 0.1) is 6.92 Å². The summed E-state index contributed by atoms with van der Waals surface area (Å²) in [5, 5.41) is 0.431. The number of morpholine rings is 1. The summed E-state index contributed by atoms with van der Waals surface area (Å²) in [5.41, 5.74) is 1.07. The van der Waals surface area contributed by atoms with Crippen molar-refractivity contribution in [2.24, 2.45) is 0 Å². The molecule has 33 heavy (non-hydrogen) atoms. The van der Waals surface area contributed by atoms with Gasteiger partial charge >= 0.3 is 6.18 Å². The molecule has 176 valence electrons. The van der Waals surface area contributed by atoms with E-state index in [-0.39, 0.29) is 29.5 Å². The highest BCUT2D eigenvalue weighted by atomic mass is 35.5. The van der Waals surface area contributed by atoms with E-state index in [1.54, 1.807) is 0 Å². The first-order valence-electron chi connectivity index (χ1n) is 10.7. The highest BCUT2D eigenvalue weighted by molar-refractivity contribution is 5.85. The van der Waals surface area contributed by atoms with Gasteiger partial charge in [-0.25, -0.2) is 4.98 Å². The SMILES string of the molecule is Cc1cc(CCN2C3CCC2COC3)cc2c(=O)[nH]c(-c3cc(C(F)(F)F)ccn3)nc12.Cl. The molecule has 0 amide bonds. The minimum atomic E-state index is -4.50. The number of fused-ring (bicyclic) bond motifs is 3. The van der Waals surface area contributed by atoms with Gasteiger partial charge in [0.15, 0.2) is 5.82 Å². The second-order valence-electron chi connectivity index (χ2n) is 8.56. The molecule has 1 aromatic carbocycles. The van der Waals surface area contributed by atoms with Crippen molar-refractivity contribution in [2.75, 3.05) is 19.8 Å². The van der Waals surface area contributed by atoms with Crippen LogP contribution in [-0.2, 0) is 17.3 Å². The fraction of sp³-hybridized carbons (Fsp3) is 0.435. The maximum atomic E-state index is 13.1. The Labute approximate surface area is 194 Å². The molecule has 2 aliphatic heterocycles. The number of nitrogens with one attached hydrogen (secondary N) is 1. The molecule has 0 radical (unpaired) electrons. The first-order chi connectivity index (χ1) is 15.3. The zero-order valence-corrected chi connectivity index (χ0v) is 18.8. The molecule has 2 saturated heterocycles. The lowest BCUT2D eigenvalue weighted by Crippen LogP contribution is -2.46. The van der Waals surface area contributed by atoms with Crippen LogP contribution in [0.2, 0.25) is 0 Å². The van der Waals surface area contributed by atoms with E-state index in [4.69, 9.17) is 4.74 Å². The second kappa shape index (κ2) is 9.04. The van der Waals surface area contributed by atoms with E-state index in [2.05, 4.69) is 19.9 Å². The third kappa shape index (κ3) is 4.62. The number of aryl methyl sites for hydroxylation is 1. The van der Waals surface area contributed by atoms with Gasteiger partial charge in [-0.3, -0.25) is 14.7 Å². The highest BCUT2D eigenvalue weighted by Gasteiger charge is 2.36. The van der Waals surface area contributed by atoms with E-state index in [1.165, 1.54) is 0 Å². The average molecular weight is 481 g/mol.